The van der Waals surface area contributed by atoms with Gasteiger partial charge in [0.2, 0.25) is 0 Å². The molecule has 2 heterocycles. The highest BCUT2D eigenvalue weighted by atomic mass is 19.1. The lowest BCUT2D eigenvalue weighted by molar-refractivity contribution is -0.107. The van der Waals surface area contributed by atoms with Crippen molar-refractivity contribution in [3.05, 3.63) is 24.0 Å². The molecule has 0 saturated carbocycles. The van der Waals surface area contributed by atoms with Crippen molar-refractivity contribution in [1.82, 2.24) is 4.98 Å². The van der Waals surface area contributed by atoms with E-state index in [9.17, 15) is 4.39 Å². The van der Waals surface area contributed by atoms with Crippen molar-refractivity contribution in [2.75, 3.05) is 31.7 Å². The Labute approximate surface area is 122 Å². The monoisotopic (exact) mass is 294 g/mol. The van der Waals surface area contributed by atoms with Crippen molar-refractivity contribution in [1.29, 1.82) is 0 Å². The third-order valence-electron chi connectivity index (χ3n) is 3.44. The second-order valence-electron chi connectivity index (χ2n) is 5.94. The summed E-state index contributed by atoms with van der Waals surface area (Å²) in [6.45, 7) is 5.83. The molecule has 114 valence electrons. The predicted molar refractivity (Wildman–Crippen MR) is 77.0 cm³/mol. The lowest BCUT2D eigenvalue weighted by Gasteiger charge is -2.41. The van der Waals surface area contributed by atoms with E-state index in [1.54, 1.807) is 13.2 Å². The summed E-state index contributed by atoms with van der Waals surface area (Å²) < 4.78 is 30.1. The molecule has 1 unspecified atom stereocenters. The number of anilines is 1. The Morgan fingerprint density at radius 3 is 3.05 bits per heavy atom. The highest BCUT2D eigenvalue weighted by Crippen LogP contribution is 2.28. The number of halogens is 1. The van der Waals surface area contributed by atoms with Crippen molar-refractivity contribution in [2.45, 2.75) is 25.6 Å². The van der Waals surface area contributed by atoms with E-state index in [0.29, 0.717) is 36.8 Å². The van der Waals surface area contributed by atoms with Crippen LogP contribution < -0.4 is 4.90 Å². The fourth-order valence-electron chi connectivity index (χ4n) is 2.74. The molecule has 2 aromatic rings. The molecule has 0 spiro atoms. The largest absolute Gasteiger partial charge is 0.423 e. The smallest absolute Gasteiger partial charge is 0.298 e. The third kappa shape index (κ3) is 3.01. The Bertz CT molecular complexity index is 641. The van der Waals surface area contributed by atoms with Gasteiger partial charge in [0.25, 0.3) is 6.01 Å². The molecule has 21 heavy (non-hydrogen) atoms. The highest BCUT2D eigenvalue weighted by molar-refractivity contribution is 5.74. The van der Waals surface area contributed by atoms with Crippen LogP contribution in [0, 0.1) is 5.82 Å². The van der Waals surface area contributed by atoms with Crippen molar-refractivity contribution in [3.63, 3.8) is 0 Å². The van der Waals surface area contributed by atoms with E-state index in [-0.39, 0.29) is 17.5 Å². The Balaban J connectivity index is 1.89. The average Bonchev–Trinajstić information content (AvgIpc) is 2.80. The normalized spacial score (nSPS) is 21.9. The molecule has 6 heteroatoms. The van der Waals surface area contributed by atoms with Crippen LogP contribution in [0.25, 0.3) is 11.1 Å². The van der Waals surface area contributed by atoms with E-state index in [4.69, 9.17) is 13.9 Å². The SMILES string of the molecule is COCC1CN(c2nc3cc(F)ccc3o2)CC(C)(C)O1. The van der Waals surface area contributed by atoms with E-state index in [1.807, 2.05) is 18.7 Å². The number of hydrogen-bond donors (Lipinski definition) is 0. The van der Waals surface area contributed by atoms with Crippen LogP contribution in [0.5, 0.6) is 0 Å². The summed E-state index contributed by atoms with van der Waals surface area (Å²) >= 11 is 0. The topological polar surface area (TPSA) is 47.7 Å². The molecule has 0 amide bonds. The van der Waals surface area contributed by atoms with Crippen molar-refractivity contribution in [3.8, 4) is 0 Å². The van der Waals surface area contributed by atoms with Crippen molar-refractivity contribution >= 4 is 17.1 Å². The van der Waals surface area contributed by atoms with Crippen LogP contribution in [0.1, 0.15) is 13.8 Å². The summed E-state index contributed by atoms with van der Waals surface area (Å²) in [6.07, 6.45) is -0.0505. The molecule has 1 aromatic heterocycles. The molecule has 1 aliphatic rings. The van der Waals surface area contributed by atoms with E-state index in [0.717, 1.165) is 0 Å². The number of nitrogens with zero attached hydrogens (tertiary/aromatic N) is 2. The van der Waals surface area contributed by atoms with Crippen LogP contribution in [0.3, 0.4) is 0 Å². The fourth-order valence-corrected chi connectivity index (χ4v) is 2.74. The quantitative estimate of drug-likeness (QED) is 0.871. The molecular weight excluding hydrogens is 275 g/mol. The summed E-state index contributed by atoms with van der Waals surface area (Å²) in [4.78, 5) is 6.40. The van der Waals surface area contributed by atoms with Gasteiger partial charge in [0.1, 0.15) is 11.3 Å². The molecule has 0 N–H and O–H groups in total. The first-order valence-electron chi connectivity index (χ1n) is 6.95. The number of aromatic nitrogens is 1. The zero-order chi connectivity index (χ0) is 15.0. The molecule has 5 nitrogen and oxygen atoms in total. The summed E-state index contributed by atoms with van der Waals surface area (Å²) in [5.41, 5.74) is 0.782. The lowest BCUT2D eigenvalue weighted by Crippen LogP contribution is -2.54. The number of ether oxygens (including phenoxy) is 2. The van der Waals surface area contributed by atoms with Gasteiger partial charge in [0.05, 0.1) is 31.4 Å². The van der Waals surface area contributed by atoms with Crippen LogP contribution in [-0.4, -0.2) is 43.5 Å². The zero-order valence-electron chi connectivity index (χ0n) is 12.4. The van der Waals surface area contributed by atoms with Gasteiger partial charge in [-0.3, -0.25) is 0 Å². The third-order valence-corrected chi connectivity index (χ3v) is 3.44. The standard InChI is InChI=1S/C15H19FN2O3/c1-15(2)9-18(7-11(21-15)8-19-3)14-17-12-6-10(16)4-5-13(12)20-14/h4-6,11H,7-9H2,1-3H3. The van der Waals surface area contributed by atoms with Crippen LogP contribution in [-0.2, 0) is 9.47 Å². The van der Waals surface area contributed by atoms with Gasteiger partial charge in [-0.15, -0.1) is 0 Å². The minimum Gasteiger partial charge on any atom is -0.423 e. The number of hydrogen-bond acceptors (Lipinski definition) is 5. The second kappa shape index (κ2) is 5.27. The zero-order valence-corrected chi connectivity index (χ0v) is 12.4. The van der Waals surface area contributed by atoms with Crippen LogP contribution in [0.15, 0.2) is 22.6 Å². The minimum absolute atomic E-state index is 0.0505. The summed E-state index contributed by atoms with van der Waals surface area (Å²) in [5.74, 6) is -0.318. The van der Waals surface area contributed by atoms with E-state index < -0.39 is 0 Å². The molecule has 1 fully saturated rings. The van der Waals surface area contributed by atoms with E-state index in [1.165, 1.54) is 12.1 Å². The van der Waals surface area contributed by atoms with Crippen molar-refractivity contribution in [2.24, 2.45) is 0 Å². The molecule has 0 aliphatic carbocycles. The number of morpholine rings is 1. The molecule has 1 saturated heterocycles. The Morgan fingerprint density at radius 1 is 1.48 bits per heavy atom. The molecule has 0 radical (unpaired) electrons. The summed E-state index contributed by atoms with van der Waals surface area (Å²) in [6, 6.07) is 4.84. The maximum atomic E-state index is 13.2. The van der Waals surface area contributed by atoms with E-state index in [2.05, 4.69) is 4.98 Å². The number of rotatable bonds is 3. The number of methoxy groups -OCH3 is 1. The lowest BCUT2D eigenvalue weighted by atomic mass is 10.1. The average molecular weight is 294 g/mol. The van der Waals surface area contributed by atoms with Gasteiger partial charge in [-0.1, -0.05) is 0 Å². The van der Waals surface area contributed by atoms with Gasteiger partial charge < -0.3 is 18.8 Å². The summed E-state index contributed by atoms with van der Waals surface area (Å²) in [5, 5.41) is 0. The first-order chi connectivity index (χ1) is 9.97. The first kappa shape index (κ1) is 14.3. The molecule has 1 atom stereocenters. The van der Waals surface area contributed by atoms with Crippen LogP contribution in [0.4, 0.5) is 10.4 Å². The van der Waals surface area contributed by atoms with Gasteiger partial charge in [-0.2, -0.15) is 4.98 Å². The van der Waals surface area contributed by atoms with Crippen LogP contribution in [0.2, 0.25) is 0 Å². The molecule has 0 bridgehead atoms. The highest BCUT2D eigenvalue weighted by Gasteiger charge is 2.35. The molecule has 3 rings (SSSR count). The van der Waals surface area contributed by atoms with Gasteiger partial charge in [-0.05, 0) is 26.0 Å². The van der Waals surface area contributed by atoms with Gasteiger partial charge >= 0.3 is 0 Å². The minimum atomic E-state index is -0.326. The van der Waals surface area contributed by atoms with Gasteiger partial charge in [-0.25, -0.2) is 4.39 Å². The second-order valence-corrected chi connectivity index (χ2v) is 5.94. The maximum Gasteiger partial charge on any atom is 0.298 e. The Kier molecular flexibility index (Phi) is 3.59. The van der Waals surface area contributed by atoms with Crippen LogP contribution >= 0.6 is 0 Å². The Morgan fingerprint density at radius 2 is 2.29 bits per heavy atom. The number of benzene rings is 1. The predicted octanol–water partition coefficient (Wildman–Crippen LogP) is 2.60. The fraction of sp³-hybridized carbons (Fsp3) is 0.533. The van der Waals surface area contributed by atoms with Gasteiger partial charge in [0, 0.05) is 13.2 Å². The van der Waals surface area contributed by atoms with Crippen molar-refractivity contribution < 1.29 is 18.3 Å². The maximum absolute atomic E-state index is 13.2. The first-order valence-corrected chi connectivity index (χ1v) is 6.95. The Hall–Kier alpha value is -1.66. The molecular formula is C15H19FN2O3. The molecule has 1 aliphatic heterocycles. The van der Waals surface area contributed by atoms with E-state index >= 15 is 0 Å². The number of oxazole rings is 1. The summed E-state index contributed by atoms with van der Waals surface area (Å²) in [7, 11) is 1.65. The van der Waals surface area contributed by atoms with Gasteiger partial charge in [0.15, 0.2) is 5.58 Å². The number of fused-ring (bicyclic) bond motifs is 1. The molecule has 1 aromatic carbocycles.